The molecule has 0 spiro atoms. The van der Waals surface area contributed by atoms with Gasteiger partial charge in [0.05, 0.1) is 18.9 Å². The number of piperidine rings is 1. The Hall–Kier alpha value is -1.27. The van der Waals surface area contributed by atoms with Gasteiger partial charge in [0.15, 0.2) is 6.29 Å². The second-order valence-corrected chi connectivity index (χ2v) is 7.78. The van der Waals surface area contributed by atoms with Crippen LogP contribution in [-0.2, 0) is 22.4 Å². The molecular formula is C20H26N2O2S. The topological polar surface area (TPSA) is 34.6 Å². The summed E-state index contributed by atoms with van der Waals surface area (Å²) in [5.74, 6) is 0.557. The van der Waals surface area contributed by atoms with Crippen LogP contribution in [0.15, 0.2) is 29.6 Å². The lowest BCUT2D eigenvalue weighted by Gasteiger charge is -2.33. The van der Waals surface area contributed by atoms with Crippen LogP contribution in [0, 0.1) is 5.92 Å². The van der Waals surface area contributed by atoms with E-state index in [4.69, 9.17) is 14.5 Å². The van der Waals surface area contributed by atoms with Crippen LogP contribution in [0.1, 0.15) is 31.0 Å². The third-order valence-electron chi connectivity index (χ3n) is 5.21. The minimum Gasteiger partial charge on any atom is -0.350 e. The highest BCUT2D eigenvalue weighted by atomic mass is 32.1. The largest absolute Gasteiger partial charge is 0.350 e. The predicted octanol–water partition coefficient (Wildman–Crippen LogP) is 3.96. The zero-order valence-electron chi connectivity index (χ0n) is 14.8. The Labute approximate surface area is 153 Å². The Bertz CT molecular complexity index is 671. The Balaban J connectivity index is 1.32. The van der Waals surface area contributed by atoms with Gasteiger partial charge in [0.2, 0.25) is 0 Å². The van der Waals surface area contributed by atoms with Crippen LogP contribution >= 0.6 is 11.3 Å². The molecule has 0 bridgehead atoms. The highest BCUT2D eigenvalue weighted by molar-refractivity contribution is 7.13. The van der Waals surface area contributed by atoms with Crippen molar-refractivity contribution in [3.05, 3.63) is 40.9 Å². The molecule has 2 aromatic rings. The number of likely N-dealkylation sites (tertiary alicyclic amines) is 1. The van der Waals surface area contributed by atoms with E-state index < -0.39 is 0 Å². The molecule has 0 unspecified atom stereocenters. The smallest absolute Gasteiger partial charge is 0.160 e. The van der Waals surface area contributed by atoms with Crippen molar-refractivity contribution in [3.63, 3.8) is 0 Å². The van der Waals surface area contributed by atoms with Gasteiger partial charge in [0, 0.05) is 23.4 Å². The maximum atomic E-state index is 5.66. The average Bonchev–Trinajstić information content (AvgIpc) is 3.35. The van der Waals surface area contributed by atoms with Crippen LogP contribution in [0.5, 0.6) is 0 Å². The van der Waals surface area contributed by atoms with Gasteiger partial charge in [-0.15, -0.1) is 11.3 Å². The van der Waals surface area contributed by atoms with Crippen LogP contribution in [0.25, 0.3) is 10.6 Å². The second kappa shape index (κ2) is 7.96. The molecule has 3 heterocycles. The molecule has 2 saturated heterocycles. The van der Waals surface area contributed by atoms with Crippen LogP contribution in [-0.4, -0.2) is 42.5 Å². The standard InChI is InChI=1S/C20H26N2O2S/c1-2-15-3-5-16(6-4-15)19-21-18(14-25-19)13-22-9-7-17(8-10-22)20-23-11-12-24-20/h3-6,14,17,20H,2,7-13H2,1H3. The molecule has 0 atom stereocenters. The van der Waals surface area contributed by atoms with Gasteiger partial charge in [-0.25, -0.2) is 4.98 Å². The maximum Gasteiger partial charge on any atom is 0.160 e. The Morgan fingerprint density at radius 3 is 2.52 bits per heavy atom. The minimum absolute atomic E-state index is 0.0408. The summed E-state index contributed by atoms with van der Waals surface area (Å²) in [4.78, 5) is 7.36. The molecule has 2 fully saturated rings. The molecule has 0 radical (unpaired) electrons. The third kappa shape index (κ3) is 4.11. The number of thiazole rings is 1. The number of aromatic nitrogens is 1. The normalized spacial score (nSPS) is 20.4. The number of benzene rings is 1. The van der Waals surface area contributed by atoms with Crippen LogP contribution in [0.2, 0.25) is 0 Å². The lowest BCUT2D eigenvalue weighted by Crippen LogP contribution is -2.37. The number of hydrogen-bond donors (Lipinski definition) is 0. The van der Waals surface area contributed by atoms with E-state index in [9.17, 15) is 0 Å². The zero-order chi connectivity index (χ0) is 17.1. The third-order valence-corrected chi connectivity index (χ3v) is 6.15. The monoisotopic (exact) mass is 358 g/mol. The van der Waals surface area contributed by atoms with Crippen molar-refractivity contribution in [1.82, 2.24) is 9.88 Å². The number of ether oxygens (including phenoxy) is 2. The van der Waals surface area contributed by atoms with Crippen molar-refractivity contribution in [1.29, 1.82) is 0 Å². The lowest BCUT2D eigenvalue weighted by atomic mass is 9.96. The van der Waals surface area contributed by atoms with E-state index in [2.05, 4.69) is 41.5 Å². The number of hydrogen-bond acceptors (Lipinski definition) is 5. The highest BCUT2D eigenvalue weighted by Crippen LogP contribution is 2.28. The predicted molar refractivity (Wildman–Crippen MR) is 101 cm³/mol. The van der Waals surface area contributed by atoms with E-state index in [1.807, 2.05) is 0 Å². The Kier molecular flexibility index (Phi) is 5.46. The lowest BCUT2D eigenvalue weighted by molar-refractivity contribution is -0.0978. The fraction of sp³-hybridized carbons (Fsp3) is 0.550. The molecule has 4 rings (SSSR count). The molecule has 0 aliphatic carbocycles. The van der Waals surface area contributed by atoms with Gasteiger partial charge in [-0.2, -0.15) is 0 Å². The number of nitrogens with zero attached hydrogens (tertiary/aromatic N) is 2. The van der Waals surface area contributed by atoms with Gasteiger partial charge < -0.3 is 9.47 Å². The molecule has 0 N–H and O–H groups in total. The van der Waals surface area contributed by atoms with E-state index in [1.165, 1.54) is 16.8 Å². The molecule has 2 aliphatic rings. The molecule has 4 nitrogen and oxygen atoms in total. The Morgan fingerprint density at radius 2 is 1.84 bits per heavy atom. The van der Waals surface area contributed by atoms with Gasteiger partial charge in [-0.3, -0.25) is 4.90 Å². The minimum atomic E-state index is 0.0408. The van der Waals surface area contributed by atoms with Crippen LogP contribution < -0.4 is 0 Å². The van der Waals surface area contributed by atoms with Crippen molar-refractivity contribution in [3.8, 4) is 10.6 Å². The number of aryl methyl sites for hydroxylation is 1. The maximum absolute atomic E-state index is 5.66. The first-order chi connectivity index (χ1) is 12.3. The van der Waals surface area contributed by atoms with Gasteiger partial charge in [0.25, 0.3) is 0 Å². The molecule has 5 heteroatoms. The molecule has 25 heavy (non-hydrogen) atoms. The summed E-state index contributed by atoms with van der Waals surface area (Å²) in [6.45, 7) is 6.85. The second-order valence-electron chi connectivity index (χ2n) is 6.92. The Morgan fingerprint density at radius 1 is 1.12 bits per heavy atom. The van der Waals surface area contributed by atoms with Crippen molar-refractivity contribution in [2.75, 3.05) is 26.3 Å². The van der Waals surface area contributed by atoms with Crippen molar-refractivity contribution < 1.29 is 9.47 Å². The summed E-state index contributed by atoms with van der Waals surface area (Å²) in [6.07, 6.45) is 3.43. The SMILES string of the molecule is CCc1ccc(-c2nc(CN3CCC(C4OCCO4)CC3)cs2)cc1. The number of rotatable bonds is 5. The fourth-order valence-corrected chi connectivity index (χ4v) is 4.47. The zero-order valence-corrected chi connectivity index (χ0v) is 15.6. The van der Waals surface area contributed by atoms with Crippen LogP contribution in [0.4, 0.5) is 0 Å². The van der Waals surface area contributed by atoms with Crippen molar-refractivity contribution >= 4 is 11.3 Å². The molecule has 0 amide bonds. The van der Waals surface area contributed by atoms with Crippen molar-refractivity contribution in [2.24, 2.45) is 5.92 Å². The molecule has 2 aliphatic heterocycles. The molecule has 1 aromatic carbocycles. The van der Waals surface area contributed by atoms with Crippen LogP contribution in [0.3, 0.4) is 0 Å². The van der Waals surface area contributed by atoms with Crippen molar-refractivity contribution in [2.45, 2.75) is 39.0 Å². The molecular weight excluding hydrogens is 332 g/mol. The highest BCUT2D eigenvalue weighted by Gasteiger charge is 2.30. The first kappa shape index (κ1) is 17.2. The van der Waals surface area contributed by atoms with E-state index in [1.54, 1.807) is 11.3 Å². The van der Waals surface area contributed by atoms with Gasteiger partial charge >= 0.3 is 0 Å². The van der Waals surface area contributed by atoms with E-state index in [0.29, 0.717) is 5.92 Å². The first-order valence-electron chi connectivity index (χ1n) is 9.31. The molecule has 134 valence electrons. The fourth-order valence-electron chi connectivity index (χ4n) is 3.66. The first-order valence-corrected chi connectivity index (χ1v) is 10.2. The molecule has 1 aromatic heterocycles. The summed E-state index contributed by atoms with van der Waals surface area (Å²) in [5, 5.41) is 3.33. The van der Waals surface area contributed by atoms with Gasteiger partial charge in [-0.05, 0) is 37.9 Å². The summed E-state index contributed by atoms with van der Waals surface area (Å²) >= 11 is 1.75. The van der Waals surface area contributed by atoms with E-state index in [-0.39, 0.29) is 6.29 Å². The summed E-state index contributed by atoms with van der Waals surface area (Å²) < 4.78 is 11.3. The van der Waals surface area contributed by atoms with E-state index in [0.717, 1.165) is 57.1 Å². The van der Waals surface area contributed by atoms with E-state index >= 15 is 0 Å². The average molecular weight is 359 g/mol. The van der Waals surface area contributed by atoms with Gasteiger partial charge in [-0.1, -0.05) is 31.2 Å². The summed E-state index contributed by atoms with van der Waals surface area (Å²) in [7, 11) is 0. The summed E-state index contributed by atoms with van der Waals surface area (Å²) in [6, 6.07) is 8.78. The summed E-state index contributed by atoms with van der Waals surface area (Å²) in [5.41, 5.74) is 3.78. The van der Waals surface area contributed by atoms with Gasteiger partial charge in [0.1, 0.15) is 5.01 Å². The molecule has 0 saturated carbocycles. The quantitative estimate of drug-likeness (QED) is 0.810.